The van der Waals surface area contributed by atoms with Gasteiger partial charge in [0.05, 0.1) is 0 Å². The predicted octanol–water partition coefficient (Wildman–Crippen LogP) is 1.75. The molecule has 4 nitrogen and oxygen atoms in total. The molecule has 0 atom stereocenters. The number of aromatic nitrogens is 1. The molecule has 0 fully saturated rings. The van der Waals surface area contributed by atoms with Crippen molar-refractivity contribution in [3.05, 3.63) is 23.9 Å². The van der Waals surface area contributed by atoms with Crippen molar-refractivity contribution in [2.75, 3.05) is 17.7 Å². The van der Waals surface area contributed by atoms with Gasteiger partial charge in [0.1, 0.15) is 5.82 Å². The van der Waals surface area contributed by atoms with Gasteiger partial charge in [-0.2, -0.15) is 0 Å². The Hall–Kier alpha value is -1.29. The standard InChI is InChI=1S/C9H12ClN3O/c1-7-3-2-5-11-8(7)13-9(14)12-6-4-10/h2-3,5H,4,6H2,1H3,(H2,11,12,13,14). The third kappa shape index (κ3) is 3.22. The SMILES string of the molecule is Cc1cccnc1NC(=O)NCCCl. The molecule has 14 heavy (non-hydrogen) atoms. The maximum absolute atomic E-state index is 11.2. The van der Waals surface area contributed by atoms with E-state index in [-0.39, 0.29) is 6.03 Å². The summed E-state index contributed by atoms with van der Waals surface area (Å²) >= 11 is 5.42. The number of urea groups is 1. The first-order valence-electron chi connectivity index (χ1n) is 4.26. The van der Waals surface area contributed by atoms with Crippen LogP contribution in [0.25, 0.3) is 0 Å². The van der Waals surface area contributed by atoms with Crippen LogP contribution in [0.2, 0.25) is 0 Å². The minimum absolute atomic E-state index is 0.285. The summed E-state index contributed by atoms with van der Waals surface area (Å²) in [5.41, 5.74) is 0.925. The Kier molecular flexibility index (Phi) is 4.19. The summed E-state index contributed by atoms with van der Waals surface area (Å²) in [5.74, 6) is 0.966. The number of nitrogens with zero attached hydrogens (tertiary/aromatic N) is 1. The Morgan fingerprint density at radius 1 is 1.64 bits per heavy atom. The smallest absolute Gasteiger partial charge is 0.320 e. The number of alkyl halides is 1. The number of carbonyl (C=O) groups excluding carboxylic acids is 1. The fourth-order valence-electron chi connectivity index (χ4n) is 0.929. The third-order valence-corrected chi connectivity index (χ3v) is 1.81. The Balaban J connectivity index is 2.52. The van der Waals surface area contributed by atoms with Crippen molar-refractivity contribution in [2.45, 2.75) is 6.92 Å². The number of halogens is 1. The summed E-state index contributed by atoms with van der Waals surface area (Å²) in [7, 11) is 0. The molecule has 0 bridgehead atoms. The minimum atomic E-state index is -0.285. The second kappa shape index (κ2) is 5.44. The van der Waals surface area contributed by atoms with Gasteiger partial charge in [-0.3, -0.25) is 5.32 Å². The van der Waals surface area contributed by atoms with E-state index in [4.69, 9.17) is 11.6 Å². The molecule has 1 heterocycles. The first kappa shape index (κ1) is 10.8. The zero-order valence-corrected chi connectivity index (χ0v) is 8.64. The summed E-state index contributed by atoms with van der Waals surface area (Å²) in [6, 6.07) is 3.41. The van der Waals surface area contributed by atoms with E-state index in [1.807, 2.05) is 19.1 Å². The Morgan fingerprint density at radius 2 is 2.43 bits per heavy atom. The van der Waals surface area contributed by atoms with Crippen molar-refractivity contribution >= 4 is 23.4 Å². The van der Waals surface area contributed by atoms with Crippen molar-refractivity contribution in [3.63, 3.8) is 0 Å². The largest absolute Gasteiger partial charge is 0.337 e. The van der Waals surface area contributed by atoms with E-state index in [2.05, 4.69) is 15.6 Å². The van der Waals surface area contributed by atoms with Gasteiger partial charge in [-0.1, -0.05) is 6.07 Å². The van der Waals surface area contributed by atoms with Crippen molar-refractivity contribution in [2.24, 2.45) is 0 Å². The van der Waals surface area contributed by atoms with Crippen molar-refractivity contribution in [1.29, 1.82) is 0 Å². The number of amides is 2. The average Bonchev–Trinajstić information content (AvgIpc) is 2.18. The van der Waals surface area contributed by atoms with E-state index in [0.717, 1.165) is 5.56 Å². The minimum Gasteiger partial charge on any atom is -0.337 e. The zero-order valence-electron chi connectivity index (χ0n) is 7.88. The van der Waals surface area contributed by atoms with Gasteiger partial charge in [-0.25, -0.2) is 9.78 Å². The summed E-state index contributed by atoms with van der Waals surface area (Å²) in [5, 5.41) is 5.21. The van der Waals surface area contributed by atoms with Crippen molar-refractivity contribution in [3.8, 4) is 0 Å². The van der Waals surface area contributed by atoms with Gasteiger partial charge in [-0.05, 0) is 18.6 Å². The van der Waals surface area contributed by atoms with Crippen LogP contribution >= 0.6 is 11.6 Å². The van der Waals surface area contributed by atoms with Crippen LogP contribution in [0.15, 0.2) is 18.3 Å². The lowest BCUT2D eigenvalue weighted by atomic mass is 10.3. The first-order valence-corrected chi connectivity index (χ1v) is 4.80. The molecule has 76 valence electrons. The van der Waals surface area contributed by atoms with Gasteiger partial charge < -0.3 is 5.32 Å². The molecule has 0 aliphatic carbocycles. The molecule has 5 heteroatoms. The zero-order chi connectivity index (χ0) is 10.4. The van der Waals surface area contributed by atoms with Crippen LogP contribution in [0.1, 0.15) is 5.56 Å². The van der Waals surface area contributed by atoms with Gasteiger partial charge in [0.25, 0.3) is 0 Å². The highest BCUT2D eigenvalue weighted by molar-refractivity contribution is 6.18. The molecular weight excluding hydrogens is 202 g/mol. The molecule has 0 unspecified atom stereocenters. The van der Waals surface area contributed by atoms with E-state index in [1.165, 1.54) is 0 Å². The number of nitrogens with one attached hydrogen (secondary N) is 2. The fourth-order valence-corrected chi connectivity index (χ4v) is 1.02. The summed E-state index contributed by atoms with van der Waals surface area (Å²) in [6.45, 7) is 2.32. The number of hydrogen-bond donors (Lipinski definition) is 2. The monoisotopic (exact) mass is 213 g/mol. The number of aryl methyl sites for hydroxylation is 1. The second-order valence-electron chi connectivity index (χ2n) is 2.74. The number of pyridine rings is 1. The quantitative estimate of drug-likeness (QED) is 0.752. The van der Waals surface area contributed by atoms with Crippen molar-refractivity contribution in [1.82, 2.24) is 10.3 Å². The number of carbonyl (C=O) groups is 1. The van der Waals surface area contributed by atoms with Gasteiger partial charge in [0.2, 0.25) is 0 Å². The molecule has 2 N–H and O–H groups in total. The second-order valence-corrected chi connectivity index (χ2v) is 3.12. The highest BCUT2D eigenvalue weighted by atomic mass is 35.5. The van der Waals surface area contributed by atoms with Gasteiger partial charge in [-0.15, -0.1) is 11.6 Å². The molecular formula is C9H12ClN3O. The lowest BCUT2D eigenvalue weighted by Gasteiger charge is -2.07. The molecule has 0 aliphatic rings. The van der Waals surface area contributed by atoms with Crippen molar-refractivity contribution < 1.29 is 4.79 Å². The Labute approximate surface area is 87.7 Å². The molecule has 1 aromatic heterocycles. The van der Waals surface area contributed by atoms with Crippen LogP contribution in [0, 0.1) is 6.92 Å². The molecule has 0 saturated heterocycles. The van der Waals surface area contributed by atoms with E-state index < -0.39 is 0 Å². The van der Waals surface area contributed by atoms with Crippen LogP contribution in [0.4, 0.5) is 10.6 Å². The highest BCUT2D eigenvalue weighted by Crippen LogP contribution is 2.08. The first-order chi connectivity index (χ1) is 6.74. The molecule has 2 amide bonds. The molecule has 0 aromatic carbocycles. The van der Waals surface area contributed by atoms with Crippen LogP contribution < -0.4 is 10.6 Å². The van der Waals surface area contributed by atoms with Crippen LogP contribution in [-0.4, -0.2) is 23.4 Å². The number of anilines is 1. The highest BCUT2D eigenvalue weighted by Gasteiger charge is 2.02. The van der Waals surface area contributed by atoms with Gasteiger partial charge in [0.15, 0.2) is 0 Å². The summed E-state index contributed by atoms with van der Waals surface area (Å²) in [4.78, 5) is 15.2. The summed E-state index contributed by atoms with van der Waals surface area (Å²) < 4.78 is 0. The molecule has 0 radical (unpaired) electrons. The maximum atomic E-state index is 11.2. The van der Waals surface area contributed by atoms with E-state index in [1.54, 1.807) is 6.20 Å². The van der Waals surface area contributed by atoms with Crippen LogP contribution in [-0.2, 0) is 0 Å². The van der Waals surface area contributed by atoms with E-state index >= 15 is 0 Å². The van der Waals surface area contributed by atoms with E-state index in [9.17, 15) is 4.79 Å². The molecule has 0 saturated carbocycles. The lowest BCUT2D eigenvalue weighted by molar-refractivity contribution is 0.252. The lowest BCUT2D eigenvalue weighted by Crippen LogP contribution is -2.30. The molecule has 1 rings (SSSR count). The van der Waals surface area contributed by atoms with E-state index in [0.29, 0.717) is 18.2 Å². The fraction of sp³-hybridized carbons (Fsp3) is 0.333. The maximum Gasteiger partial charge on any atom is 0.320 e. The average molecular weight is 214 g/mol. The van der Waals surface area contributed by atoms with Gasteiger partial charge >= 0.3 is 6.03 Å². The Morgan fingerprint density at radius 3 is 3.07 bits per heavy atom. The predicted molar refractivity (Wildman–Crippen MR) is 56.7 cm³/mol. The third-order valence-electron chi connectivity index (χ3n) is 1.62. The topological polar surface area (TPSA) is 54.0 Å². The Bertz CT molecular complexity index is 317. The molecule has 1 aromatic rings. The molecule has 0 spiro atoms. The van der Waals surface area contributed by atoms with Crippen LogP contribution in [0.3, 0.4) is 0 Å². The summed E-state index contributed by atoms with van der Waals surface area (Å²) in [6.07, 6.45) is 1.63. The van der Waals surface area contributed by atoms with Crippen LogP contribution in [0.5, 0.6) is 0 Å². The number of rotatable bonds is 3. The molecule has 0 aliphatic heterocycles. The van der Waals surface area contributed by atoms with Gasteiger partial charge in [0, 0.05) is 18.6 Å². The number of hydrogen-bond acceptors (Lipinski definition) is 2. The normalized spacial score (nSPS) is 9.57.